The number of carbonyl (C=O) groups excluding carboxylic acids is 3. The maximum absolute atomic E-state index is 13.4. The van der Waals surface area contributed by atoms with E-state index in [0.717, 1.165) is 9.37 Å². The fourth-order valence-corrected chi connectivity index (χ4v) is 3.12. The Morgan fingerprint density at radius 3 is 2.48 bits per heavy atom. The highest BCUT2D eigenvalue weighted by Crippen LogP contribution is 2.26. The van der Waals surface area contributed by atoms with Crippen molar-refractivity contribution >= 4 is 45.5 Å². The number of halogens is 2. The standard InChI is InChI=1S/C21H12BrFN2O4/c22-13-4-6-15(7-5-13)25-20(27)17(19(26)24-21(25)28)11-16-8-9-18(29-16)12-2-1-3-14(23)10-12/h1-11H,(H,24,26,28)/b17-11+. The summed E-state index contributed by atoms with van der Waals surface area (Å²) in [6.07, 6.45) is 1.25. The van der Waals surface area contributed by atoms with Crippen LogP contribution in [0.1, 0.15) is 5.76 Å². The molecule has 0 radical (unpaired) electrons. The van der Waals surface area contributed by atoms with E-state index in [1.54, 1.807) is 48.5 Å². The average Bonchev–Trinajstić information content (AvgIpc) is 3.15. The molecule has 1 N–H and O–H groups in total. The topological polar surface area (TPSA) is 79.6 Å². The molecule has 0 saturated carbocycles. The molecular weight excluding hydrogens is 443 g/mol. The van der Waals surface area contributed by atoms with Crippen molar-refractivity contribution in [3.05, 3.63) is 82.3 Å². The van der Waals surface area contributed by atoms with E-state index in [-0.39, 0.29) is 11.3 Å². The van der Waals surface area contributed by atoms with Crippen LogP contribution < -0.4 is 10.2 Å². The lowest BCUT2D eigenvalue weighted by Gasteiger charge is -2.26. The molecule has 29 heavy (non-hydrogen) atoms. The third kappa shape index (κ3) is 3.74. The molecule has 1 aromatic heterocycles. The summed E-state index contributed by atoms with van der Waals surface area (Å²) in [5, 5.41) is 2.15. The lowest BCUT2D eigenvalue weighted by molar-refractivity contribution is -0.122. The monoisotopic (exact) mass is 454 g/mol. The lowest BCUT2D eigenvalue weighted by Crippen LogP contribution is -2.54. The van der Waals surface area contributed by atoms with E-state index in [9.17, 15) is 18.8 Å². The summed E-state index contributed by atoms with van der Waals surface area (Å²) in [7, 11) is 0. The van der Waals surface area contributed by atoms with Gasteiger partial charge in [-0.1, -0.05) is 28.1 Å². The van der Waals surface area contributed by atoms with Gasteiger partial charge in [-0.3, -0.25) is 14.9 Å². The van der Waals surface area contributed by atoms with Crippen LogP contribution in [0.15, 0.2) is 75.1 Å². The van der Waals surface area contributed by atoms with Crippen LogP contribution in [-0.2, 0) is 9.59 Å². The number of hydrogen-bond donors (Lipinski definition) is 1. The maximum Gasteiger partial charge on any atom is 0.335 e. The first-order valence-electron chi connectivity index (χ1n) is 8.45. The Balaban J connectivity index is 1.67. The van der Waals surface area contributed by atoms with Gasteiger partial charge in [0.15, 0.2) is 0 Å². The molecular formula is C21H12BrFN2O4. The number of imide groups is 2. The van der Waals surface area contributed by atoms with Gasteiger partial charge in [-0.15, -0.1) is 0 Å². The van der Waals surface area contributed by atoms with Crippen molar-refractivity contribution in [1.29, 1.82) is 0 Å². The van der Waals surface area contributed by atoms with Gasteiger partial charge in [0.05, 0.1) is 5.69 Å². The summed E-state index contributed by atoms with van der Waals surface area (Å²) in [6, 6.07) is 14.7. The van der Waals surface area contributed by atoms with E-state index in [1.165, 1.54) is 18.2 Å². The van der Waals surface area contributed by atoms with Crippen LogP contribution in [0.2, 0.25) is 0 Å². The highest BCUT2D eigenvalue weighted by molar-refractivity contribution is 9.10. The summed E-state index contributed by atoms with van der Waals surface area (Å²) < 4.78 is 19.8. The summed E-state index contributed by atoms with van der Waals surface area (Å²) in [6.45, 7) is 0. The molecule has 8 heteroatoms. The number of barbiturate groups is 1. The van der Waals surface area contributed by atoms with Crippen molar-refractivity contribution in [3.8, 4) is 11.3 Å². The number of furan rings is 1. The van der Waals surface area contributed by atoms with E-state index in [4.69, 9.17) is 4.42 Å². The normalized spacial score (nSPS) is 15.7. The zero-order valence-corrected chi connectivity index (χ0v) is 16.3. The van der Waals surface area contributed by atoms with Crippen LogP contribution in [-0.4, -0.2) is 17.8 Å². The number of carbonyl (C=O) groups is 3. The molecule has 1 aliphatic rings. The Morgan fingerprint density at radius 1 is 1.00 bits per heavy atom. The van der Waals surface area contributed by atoms with Gasteiger partial charge in [0.2, 0.25) is 0 Å². The zero-order chi connectivity index (χ0) is 20.5. The number of amides is 4. The Morgan fingerprint density at radius 2 is 1.76 bits per heavy atom. The molecule has 6 nitrogen and oxygen atoms in total. The molecule has 0 spiro atoms. The molecule has 1 fully saturated rings. The smallest absolute Gasteiger partial charge is 0.335 e. The van der Waals surface area contributed by atoms with Gasteiger partial charge in [0.1, 0.15) is 22.9 Å². The first kappa shape index (κ1) is 18.8. The van der Waals surface area contributed by atoms with Crippen LogP contribution in [0.5, 0.6) is 0 Å². The van der Waals surface area contributed by atoms with Crippen molar-refractivity contribution < 1.29 is 23.2 Å². The number of benzene rings is 2. The van der Waals surface area contributed by atoms with Crippen molar-refractivity contribution in [2.24, 2.45) is 0 Å². The number of hydrogen-bond acceptors (Lipinski definition) is 4. The van der Waals surface area contributed by atoms with E-state index >= 15 is 0 Å². The number of nitrogens with zero attached hydrogens (tertiary/aromatic N) is 1. The molecule has 0 bridgehead atoms. The van der Waals surface area contributed by atoms with Gasteiger partial charge in [-0.2, -0.15) is 0 Å². The minimum atomic E-state index is -0.834. The third-order valence-corrected chi connectivity index (χ3v) is 4.74. The van der Waals surface area contributed by atoms with Gasteiger partial charge < -0.3 is 4.42 Å². The summed E-state index contributed by atoms with van der Waals surface area (Å²) >= 11 is 3.29. The Hall–Kier alpha value is -3.52. The molecule has 0 unspecified atom stereocenters. The van der Waals surface area contributed by atoms with Crippen LogP contribution in [0.25, 0.3) is 17.4 Å². The number of anilines is 1. The molecule has 2 aromatic carbocycles. The van der Waals surface area contributed by atoms with Crippen molar-refractivity contribution in [2.75, 3.05) is 4.90 Å². The number of rotatable bonds is 3. The molecule has 0 atom stereocenters. The van der Waals surface area contributed by atoms with E-state index < -0.39 is 23.7 Å². The maximum atomic E-state index is 13.4. The average molecular weight is 455 g/mol. The second-order valence-electron chi connectivity index (χ2n) is 6.15. The third-order valence-electron chi connectivity index (χ3n) is 4.21. The van der Waals surface area contributed by atoms with Crippen LogP contribution in [0.3, 0.4) is 0 Å². The van der Waals surface area contributed by atoms with Gasteiger partial charge in [-0.25, -0.2) is 14.1 Å². The van der Waals surface area contributed by atoms with Crippen LogP contribution in [0, 0.1) is 5.82 Å². The van der Waals surface area contributed by atoms with Crippen LogP contribution >= 0.6 is 15.9 Å². The minimum absolute atomic E-state index is 0.216. The summed E-state index contributed by atoms with van der Waals surface area (Å²) in [5.41, 5.74) is 0.572. The van der Waals surface area contributed by atoms with E-state index in [1.807, 2.05) is 0 Å². The van der Waals surface area contributed by atoms with Crippen molar-refractivity contribution in [3.63, 3.8) is 0 Å². The molecule has 1 saturated heterocycles. The number of nitrogens with one attached hydrogen (secondary N) is 1. The van der Waals surface area contributed by atoms with Gasteiger partial charge in [0, 0.05) is 10.0 Å². The van der Waals surface area contributed by atoms with Crippen molar-refractivity contribution in [1.82, 2.24) is 5.32 Å². The zero-order valence-electron chi connectivity index (χ0n) is 14.7. The fraction of sp³-hybridized carbons (Fsp3) is 0. The van der Waals surface area contributed by atoms with E-state index in [0.29, 0.717) is 17.0 Å². The van der Waals surface area contributed by atoms with Crippen molar-refractivity contribution in [2.45, 2.75) is 0 Å². The first-order valence-corrected chi connectivity index (χ1v) is 9.24. The summed E-state index contributed by atoms with van der Waals surface area (Å²) in [4.78, 5) is 38.1. The summed E-state index contributed by atoms with van der Waals surface area (Å²) in [5.74, 6) is -1.42. The Kier molecular flexibility index (Phi) is 4.85. The van der Waals surface area contributed by atoms with E-state index in [2.05, 4.69) is 21.2 Å². The SMILES string of the molecule is O=C1NC(=O)N(c2ccc(Br)cc2)C(=O)/C1=C/c1ccc(-c2cccc(F)c2)o1. The quantitative estimate of drug-likeness (QED) is 0.466. The molecule has 144 valence electrons. The Bertz CT molecular complexity index is 1170. The number of urea groups is 1. The molecule has 0 aliphatic carbocycles. The second-order valence-corrected chi connectivity index (χ2v) is 7.06. The predicted octanol–water partition coefficient (Wildman–Crippen LogP) is 4.51. The molecule has 4 rings (SSSR count). The van der Waals surface area contributed by atoms with Crippen LogP contribution in [0.4, 0.5) is 14.9 Å². The highest BCUT2D eigenvalue weighted by atomic mass is 79.9. The minimum Gasteiger partial charge on any atom is -0.457 e. The Labute approximate surface area is 172 Å². The van der Waals surface area contributed by atoms with Gasteiger partial charge in [-0.05, 0) is 54.6 Å². The fourth-order valence-electron chi connectivity index (χ4n) is 2.85. The molecule has 1 aliphatic heterocycles. The first-order chi connectivity index (χ1) is 13.9. The lowest BCUT2D eigenvalue weighted by atomic mass is 10.1. The molecule has 3 aromatic rings. The second kappa shape index (κ2) is 7.48. The predicted molar refractivity (Wildman–Crippen MR) is 107 cm³/mol. The highest BCUT2D eigenvalue weighted by Gasteiger charge is 2.37. The molecule has 4 amide bonds. The molecule has 2 heterocycles. The van der Waals surface area contributed by atoms with Gasteiger partial charge >= 0.3 is 6.03 Å². The largest absolute Gasteiger partial charge is 0.457 e. The van der Waals surface area contributed by atoms with Gasteiger partial charge in [0.25, 0.3) is 11.8 Å².